The third-order valence-corrected chi connectivity index (χ3v) is 6.68. The van der Waals surface area contributed by atoms with E-state index in [0.29, 0.717) is 0 Å². The van der Waals surface area contributed by atoms with Crippen molar-refractivity contribution in [2.75, 3.05) is 27.3 Å². The van der Waals surface area contributed by atoms with Gasteiger partial charge < -0.3 is 25.6 Å². The first kappa shape index (κ1) is 16.0. The molecule has 5 nitrogen and oxygen atoms in total. The zero-order chi connectivity index (χ0) is 12.6. The predicted octanol–water partition coefficient (Wildman–Crippen LogP) is -0.136. The van der Waals surface area contributed by atoms with Crippen molar-refractivity contribution in [3.63, 3.8) is 0 Å². The van der Waals surface area contributed by atoms with Gasteiger partial charge in [0.2, 0.25) is 0 Å². The predicted molar refractivity (Wildman–Crippen MR) is 69.2 cm³/mol. The van der Waals surface area contributed by atoms with Gasteiger partial charge in [-0.25, -0.2) is 0 Å². The lowest BCUT2D eigenvalue weighted by atomic mass is 10.4. The van der Waals surface area contributed by atoms with Gasteiger partial charge in [0.15, 0.2) is 0 Å². The summed E-state index contributed by atoms with van der Waals surface area (Å²) in [5.74, 6) is 0. The molecule has 1 aliphatic rings. The average molecular weight is 249 g/mol. The van der Waals surface area contributed by atoms with Crippen molar-refractivity contribution >= 4 is 8.56 Å². The molecule has 16 heavy (non-hydrogen) atoms. The fourth-order valence-electron chi connectivity index (χ4n) is 1.87. The Kier molecular flexibility index (Phi) is 8.17. The Hall–Kier alpha value is 0.0169. The molecule has 1 rings (SSSR count). The maximum atomic E-state index is 5.73. The summed E-state index contributed by atoms with van der Waals surface area (Å²) in [5.41, 5.74) is 11.2. The quantitative estimate of drug-likeness (QED) is 0.604. The first-order chi connectivity index (χ1) is 7.51. The summed E-state index contributed by atoms with van der Waals surface area (Å²) >= 11 is 0. The summed E-state index contributed by atoms with van der Waals surface area (Å²) in [5, 5.41) is 3.22. The molecule has 1 aliphatic heterocycles. The SMILES string of the molecule is C1CCNC1.CO[Si](OC)(C(C)N)C(C)N. The molecule has 0 aliphatic carbocycles. The van der Waals surface area contributed by atoms with Gasteiger partial charge in [0.1, 0.15) is 0 Å². The topological polar surface area (TPSA) is 82.5 Å². The Morgan fingerprint density at radius 3 is 1.44 bits per heavy atom. The molecule has 0 aromatic carbocycles. The fraction of sp³-hybridized carbons (Fsp3) is 1.00. The van der Waals surface area contributed by atoms with Gasteiger partial charge in [0.05, 0.1) is 0 Å². The van der Waals surface area contributed by atoms with Crippen molar-refractivity contribution in [2.24, 2.45) is 11.5 Å². The van der Waals surface area contributed by atoms with E-state index in [1.807, 2.05) is 13.8 Å². The molecule has 1 saturated heterocycles. The second-order valence-corrected chi connectivity index (χ2v) is 8.24. The molecule has 98 valence electrons. The maximum absolute atomic E-state index is 5.73. The number of hydrogen-bond acceptors (Lipinski definition) is 5. The highest BCUT2D eigenvalue weighted by Crippen LogP contribution is 2.12. The van der Waals surface area contributed by atoms with E-state index < -0.39 is 8.56 Å². The molecule has 1 fully saturated rings. The summed E-state index contributed by atoms with van der Waals surface area (Å²) in [6.07, 6.45) is 2.78. The highest BCUT2D eigenvalue weighted by atomic mass is 28.4. The Bertz CT molecular complexity index is 154. The van der Waals surface area contributed by atoms with E-state index in [-0.39, 0.29) is 11.3 Å². The van der Waals surface area contributed by atoms with Crippen LogP contribution in [-0.4, -0.2) is 47.2 Å². The molecule has 0 saturated carbocycles. The molecule has 2 atom stereocenters. The van der Waals surface area contributed by atoms with Crippen LogP contribution in [0.5, 0.6) is 0 Å². The molecule has 0 spiro atoms. The molecular weight excluding hydrogens is 222 g/mol. The van der Waals surface area contributed by atoms with Crippen LogP contribution in [0.3, 0.4) is 0 Å². The minimum Gasteiger partial charge on any atom is -0.396 e. The number of nitrogens with one attached hydrogen (secondary N) is 1. The van der Waals surface area contributed by atoms with E-state index in [9.17, 15) is 0 Å². The van der Waals surface area contributed by atoms with Crippen LogP contribution in [0, 0.1) is 0 Å². The molecule has 0 bridgehead atoms. The third-order valence-electron chi connectivity index (χ3n) is 2.86. The van der Waals surface area contributed by atoms with Gasteiger partial charge in [0, 0.05) is 25.5 Å². The molecule has 0 amide bonds. The minimum absolute atomic E-state index is 0.113. The zero-order valence-electron chi connectivity index (χ0n) is 11.0. The van der Waals surface area contributed by atoms with Gasteiger partial charge in [-0.3, -0.25) is 0 Å². The minimum atomic E-state index is -2.34. The lowest BCUT2D eigenvalue weighted by Crippen LogP contribution is -2.65. The van der Waals surface area contributed by atoms with Crippen molar-refractivity contribution in [2.45, 2.75) is 38.0 Å². The largest absolute Gasteiger partial charge is 0.396 e. The van der Waals surface area contributed by atoms with Gasteiger partial charge in [-0.2, -0.15) is 0 Å². The van der Waals surface area contributed by atoms with Gasteiger partial charge >= 0.3 is 8.56 Å². The normalized spacial score (nSPS) is 19.9. The van der Waals surface area contributed by atoms with Gasteiger partial charge in [-0.05, 0) is 39.8 Å². The highest BCUT2D eigenvalue weighted by Gasteiger charge is 2.44. The lowest BCUT2D eigenvalue weighted by Gasteiger charge is -2.33. The Morgan fingerprint density at radius 2 is 1.38 bits per heavy atom. The highest BCUT2D eigenvalue weighted by molar-refractivity contribution is 6.70. The van der Waals surface area contributed by atoms with E-state index in [4.69, 9.17) is 20.3 Å². The molecule has 6 heteroatoms. The van der Waals surface area contributed by atoms with Crippen LogP contribution in [0.4, 0.5) is 0 Å². The first-order valence-electron chi connectivity index (χ1n) is 5.83. The Morgan fingerprint density at radius 1 is 1.00 bits per heavy atom. The fourth-order valence-corrected chi connectivity index (χ4v) is 4.35. The lowest BCUT2D eigenvalue weighted by molar-refractivity contribution is 0.222. The Balaban J connectivity index is 0.000000368. The van der Waals surface area contributed by atoms with Crippen LogP contribution in [0.15, 0.2) is 0 Å². The van der Waals surface area contributed by atoms with E-state index in [0.717, 1.165) is 0 Å². The van der Waals surface area contributed by atoms with Crippen LogP contribution >= 0.6 is 0 Å². The molecule has 0 aromatic rings. The van der Waals surface area contributed by atoms with Gasteiger partial charge in [-0.15, -0.1) is 0 Å². The molecule has 2 unspecified atom stereocenters. The summed E-state index contributed by atoms with van der Waals surface area (Å²) in [6.45, 7) is 6.23. The second-order valence-electron chi connectivity index (χ2n) is 4.16. The van der Waals surface area contributed by atoms with E-state index in [1.54, 1.807) is 14.2 Å². The molecular formula is C10H27N3O2Si. The van der Waals surface area contributed by atoms with Crippen molar-refractivity contribution < 1.29 is 8.85 Å². The van der Waals surface area contributed by atoms with Crippen molar-refractivity contribution in [1.82, 2.24) is 5.32 Å². The van der Waals surface area contributed by atoms with Gasteiger partial charge in [0.25, 0.3) is 0 Å². The summed E-state index contributed by atoms with van der Waals surface area (Å²) in [4.78, 5) is 0. The van der Waals surface area contributed by atoms with Crippen LogP contribution in [0.1, 0.15) is 26.7 Å². The van der Waals surface area contributed by atoms with Crippen molar-refractivity contribution in [3.8, 4) is 0 Å². The van der Waals surface area contributed by atoms with Crippen molar-refractivity contribution in [1.29, 1.82) is 0 Å². The summed E-state index contributed by atoms with van der Waals surface area (Å²) < 4.78 is 10.6. The average Bonchev–Trinajstić information content (AvgIpc) is 2.77. The van der Waals surface area contributed by atoms with E-state index in [2.05, 4.69) is 5.32 Å². The monoisotopic (exact) mass is 249 g/mol. The van der Waals surface area contributed by atoms with E-state index >= 15 is 0 Å². The van der Waals surface area contributed by atoms with E-state index in [1.165, 1.54) is 25.9 Å². The van der Waals surface area contributed by atoms with Crippen molar-refractivity contribution in [3.05, 3.63) is 0 Å². The van der Waals surface area contributed by atoms with Crippen LogP contribution in [-0.2, 0) is 8.85 Å². The second kappa shape index (κ2) is 8.16. The summed E-state index contributed by atoms with van der Waals surface area (Å²) in [6, 6.07) is 0. The standard InChI is InChI=1S/C6H18N2O2Si.C4H9N/c1-5(7)11(9-3,10-4)6(2)8;1-2-4-5-3-1/h5-6H,7-8H2,1-4H3;5H,1-4H2. The Labute approximate surface area is 100 Å². The third kappa shape index (κ3) is 4.48. The first-order valence-corrected chi connectivity index (χ1v) is 7.80. The number of nitrogens with two attached hydrogens (primary N) is 2. The molecule has 5 N–H and O–H groups in total. The number of rotatable bonds is 4. The molecule has 0 aromatic heterocycles. The summed E-state index contributed by atoms with van der Waals surface area (Å²) in [7, 11) is 0.857. The van der Waals surface area contributed by atoms with Crippen LogP contribution in [0.2, 0.25) is 0 Å². The van der Waals surface area contributed by atoms with Crippen LogP contribution in [0.25, 0.3) is 0 Å². The molecule has 0 radical (unpaired) electrons. The maximum Gasteiger partial charge on any atom is 0.371 e. The van der Waals surface area contributed by atoms with Crippen LogP contribution < -0.4 is 16.8 Å². The smallest absolute Gasteiger partial charge is 0.371 e. The zero-order valence-corrected chi connectivity index (χ0v) is 12.0. The van der Waals surface area contributed by atoms with Gasteiger partial charge in [-0.1, -0.05) is 0 Å². The number of hydrogen-bond donors (Lipinski definition) is 3. The molecule has 1 heterocycles.